The van der Waals surface area contributed by atoms with Gasteiger partial charge in [0.25, 0.3) is 0 Å². The second-order valence-corrected chi connectivity index (χ2v) is 5.68. The topological polar surface area (TPSA) is 0 Å². The van der Waals surface area contributed by atoms with Crippen molar-refractivity contribution < 1.29 is 4.39 Å². The summed E-state index contributed by atoms with van der Waals surface area (Å²) in [7, 11) is 0. The van der Waals surface area contributed by atoms with Crippen LogP contribution in [-0.4, -0.2) is 0 Å². The van der Waals surface area contributed by atoms with E-state index in [2.05, 4.69) is 32.0 Å². The zero-order chi connectivity index (χ0) is 14.4. The smallest absolute Gasteiger partial charge is 0.123 e. The number of aryl methyl sites for hydroxylation is 4. The number of rotatable bonds is 6. The van der Waals surface area contributed by atoms with E-state index in [4.69, 9.17) is 0 Å². The Labute approximate surface area is 121 Å². The summed E-state index contributed by atoms with van der Waals surface area (Å²) in [4.78, 5) is 0. The molecule has 0 N–H and O–H groups in total. The van der Waals surface area contributed by atoms with Gasteiger partial charge in [0.2, 0.25) is 0 Å². The molecule has 0 aliphatic heterocycles. The van der Waals surface area contributed by atoms with Gasteiger partial charge in [-0.1, -0.05) is 47.9 Å². The lowest BCUT2D eigenvalue weighted by atomic mass is 10.0. The molecular formula is C19H23F. The second kappa shape index (κ2) is 7.23. The lowest BCUT2D eigenvalue weighted by Gasteiger charge is -2.05. The van der Waals surface area contributed by atoms with Crippen LogP contribution < -0.4 is 0 Å². The number of benzene rings is 2. The molecule has 0 aromatic heterocycles. The Morgan fingerprint density at radius 3 is 1.85 bits per heavy atom. The average molecular weight is 270 g/mol. The van der Waals surface area contributed by atoms with Gasteiger partial charge in [-0.05, 0) is 62.8 Å². The monoisotopic (exact) mass is 270 g/mol. The van der Waals surface area contributed by atoms with Gasteiger partial charge in [-0.25, -0.2) is 4.39 Å². The Hall–Kier alpha value is -1.63. The molecule has 0 bridgehead atoms. The molecule has 0 saturated carbocycles. The fourth-order valence-electron chi connectivity index (χ4n) is 2.70. The molecule has 0 aliphatic rings. The van der Waals surface area contributed by atoms with Crippen molar-refractivity contribution in [3.63, 3.8) is 0 Å². The highest BCUT2D eigenvalue weighted by Gasteiger charge is 1.98. The molecular weight excluding hydrogens is 247 g/mol. The molecule has 0 unspecified atom stereocenters. The quantitative estimate of drug-likeness (QED) is 0.617. The Kier molecular flexibility index (Phi) is 5.34. The summed E-state index contributed by atoms with van der Waals surface area (Å²) in [5.74, 6) is -0.149. The van der Waals surface area contributed by atoms with Gasteiger partial charge in [-0.15, -0.1) is 0 Å². The van der Waals surface area contributed by atoms with Crippen molar-refractivity contribution in [2.24, 2.45) is 0 Å². The van der Waals surface area contributed by atoms with Gasteiger partial charge < -0.3 is 0 Å². The third-order valence-electron chi connectivity index (χ3n) is 3.63. The molecule has 0 radical (unpaired) electrons. The van der Waals surface area contributed by atoms with Crippen LogP contribution >= 0.6 is 0 Å². The van der Waals surface area contributed by atoms with E-state index in [0.717, 1.165) is 12.8 Å². The van der Waals surface area contributed by atoms with Crippen molar-refractivity contribution in [1.29, 1.82) is 0 Å². The summed E-state index contributed by atoms with van der Waals surface area (Å²) in [5.41, 5.74) is 5.39. The number of halogens is 1. The highest BCUT2D eigenvalue weighted by Crippen LogP contribution is 2.13. The second-order valence-electron chi connectivity index (χ2n) is 5.68. The van der Waals surface area contributed by atoms with Crippen molar-refractivity contribution in [3.05, 3.63) is 70.5 Å². The van der Waals surface area contributed by atoms with Gasteiger partial charge >= 0.3 is 0 Å². The molecule has 0 amide bonds. The van der Waals surface area contributed by atoms with Gasteiger partial charge in [0.15, 0.2) is 0 Å². The Bertz CT molecular complexity index is 520. The molecule has 0 saturated heterocycles. The van der Waals surface area contributed by atoms with Crippen LogP contribution in [0.4, 0.5) is 4.39 Å². The van der Waals surface area contributed by atoms with Crippen LogP contribution in [0.5, 0.6) is 0 Å². The Morgan fingerprint density at radius 1 is 0.700 bits per heavy atom. The Balaban J connectivity index is 1.70. The summed E-state index contributed by atoms with van der Waals surface area (Å²) >= 11 is 0. The Morgan fingerprint density at radius 2 is 1.25 bits per heavy atom. The van der Waals surface area contributed by atoms with E-state index in [1.807, 2.05) is 12.1 Å². The largest absolute Gasteiger partial charge is 0.207 e. The lowest BCUT2D eigenvalue weighted by molar-refractivity contribution is 0.625. The molecule has 0 spiro atoms. The summed E-state index contributed by atoms with van der Waals surface area (Å²) in [6.07, 6.45) is 5.84. The molecule has 0 aliphatic carbocycles. The first-order chi connectivity index (χ1) is 9.63. The molecule has 2 aromatic rings. The molecule has 1 heteroatoms. The molecule has 0 fully saturated rings. The van der Waals surface area contributed by atoms with Crippen molar-refractivity contribution in [1.82, 2.24) is 0 Å². The van der Waals surface area contributed by atoms with Crippen LogP contribution in [0.25, 0.3) is 0 Å². The van der Waals surface area contributed by atoms with E-state index in [1.54, 1.807) is 12.1 Å². The number of unbranched alkanes of at least 4 members (excludes halogenated alkanes) is 2. The minimum atomic E-state index is -0.149. The maximum absolute atomic E-state index is 12.8. The third kappa shape index (κ3) is 4.80. The van der Waals surface area contributed by atoms with E-state index in [9.17, 15) is 4.39 Å². The minimum Gasteiger partial charge on any atom is -0.207 e. The van der Waals surface area contributed by atoms with Gasteiger partial charge in [-0.3, -0.25) is 0 Å². The molecule has 0 atom stereocenters. The SMILES string of the molecule is Cc1cc(C)cc(CCCCCc2ccc(F)cc2)c1. The average Bonchev–Trinajstić information content (AvgIpc) is 2.39. The van der Waals surface area contributed by atoms with Crippen LogP contribution in [0.15, 0.2) is 42.5 Å². The molecule has 2 aromatic carbocycles. The third-order valence-corrected chi connectivity index (χ3v) is 3.63. The number of hydrogen-bond acceptors (Lipinski definition) is 0. The zero-order valence-electron chi connectivity index (χ0n) is 12.5. The van der Waals surface area contributed by atoms with E-state index in [0.29, 0.717) is 0 Å². The van der Waals surface area contributed by atoms with Crippen molar-refractivity contribution in [2.45, 2.75) is 46.0 Å². The van der Waals surface area contributed by atoms with Crippen LogP contribution in [-0.2, 0) is 12.8 Å². The summed E-state index contributed by atoms with van der Waals surface area (Å²) < 4.78 is 12.8. The van der Waals surface area contributed by atoms with Gasteiger partial charge in [0.05, 0.1) is 0 Å². The first-order valence-electron chi connectivity index (χ1n) is 7.45. The molecule has 0 heterocycles. The fraction of sp³-hybridized carbons (Fsp3) is 0.368. The summed E-state index contributed by atoms with van der Waals surface area (Å²) in [6, 6.07) is 13.7. The van der Waals surface area contributed by atoms with Gasteiger partial charge in [-0.2, -0.15) is 0 Å². The van der Waals surface area contributed by atoms with Crippen LogP contribution in [0.2, 0.25) is 0 Å². The predicted molar refractivity (Wildman–Crippen MR) is 83.6 cm³/mol. The first-order valence-corrected chi connectivity index (χ1v) is 7.45. The highest BCUT2D eigenvalue weighted by molar-refractivity contribution is 5.28. The molecule has 106 valence electrons. The predicted octanol–water partition coefficient (Wildman–Crippen LogP) is 5.40. The normalized spacial score (nSPS) is 10.8. The van der Waals surface area contributed by atoms with Crippen molar-refractivity contribution >= 4 is 0 Å². The fourth-order valence-corrected chi connectivity index (χ4v) is 2.70. The first kappa shape index (κ1) is 14.8. The van der Waals surface area contributed by atoms with E-state index in [1.165, 1.54) is 41.5 Å². The standard InChI is InChI=1S/C19H23F/c1-15-12-16(2)14-18(13-15)7-5-3-4-6-17-8-10-19(20)11-9-17/h8-14H,3-7H2,1-2H3. The summed E-state index contributed by atoms with van der Waals surface area (Å²) in [6.45, 7) is 4.32. The van der Waals surface area contributed by atoms with Crippen LogP contribution in [0, 0.1) is 19.7 Å². The van der Waals surface area contributed by atoms with E-state index < -0.39 is 0 Å². The minimum absolute atomic E-state index is 0.149. The van der Waals surface area contributed by atoms with E-state index >= 15 is 0 Å². The van der Waals surface area contributed by atoms with Crippen molar-refractivity contribution in [3.8, 4) is 0 Å². The van der Waals surface area contributed by atoms with E-state index in [-0.39, 0.29) is 5.82 Å². The van der Waals surface area contributed by atoms with Crippen LogP contribution in [0.3, 0.4) is 0 Å². The van der Waals surface area contributed by atoms with Gasteiger partial charge in [0, 0.05) is 0 Å². The van der Waals surface area contributed by atoms with Crippen molar-refractivity contribution in [2.75, 3.05) is 0 Å². The highest BCUT2D eigenvalue weighted by atomic mass is 19.1. The maximum atomic E-state index is 12.8. The molecule has 20 heavy (non-hydrogen) atoms. The molecule has 2 rings (SSSR count). The number of hydrogen-bond donors (Lipinski definition) is 0. The summed E-state index contributed by atoms with van der Waals surface area (Å²) in [5, 5.41) is 0. The van der Waals surface area contributed by atoms with Gasteiger partial charge in [0.1, 0.15) is 5.82 Å². The maximum Gasteiger partial charge on any atom is 0.123 e. The molecule has 0 nitrogen and oxygen atoms in total. The zero-order valence-corrected chi connectivity index (χ0v) is 12.5. The van der Waals surface area contributed by atoms with Crippen LogP contribution in [0.1, 0.15) is 41.5 Å². The lowest BCUT2D eigenvalue weighted by Crippen LogP contribution is -1.91.